The van der Waals surface area contributed by atoms with E-state index < -0.39 is 6.04 Å². The minimum absolute atomic E-state index is 0. The van der Waals surface area contributed by atoms with Gasteiger partial charge in [-0.05, 0) is 38.0 Å². The fraction of sp³-hybridized carbons (Fsp3) is 0.500. The Kier molecular flexibility index (Phi) is 5.32. The second-order valence-corrected chi connectivity index (χ2v) is 5.11. The molecule has 1 fully saturated rings. The SMILES string of the molecule is CC1CC(c2ccc(F)cc2)CN1C(=O)[C@@H](C)N.Cl. The summed E-state index contributed by atoms with van der Waals surface area (Å²) in [6.07, 6.45) is 0.907. The van der Waals surface area contributed by atoms with Crippen molar-refractivity contribution in [2.45, 2.75) is 38.3 Å². The Balaban J connectivity index is 0.00000180. The number of likely N-dealkylation sites (tertiary alicyclic amines) is 1. The van der Waals surface area contributed by atoms with Gasteiger partial charge in [-0.3, -0.25) is 4.79 Å². The molecule has 106 valence electrons. The van der Waals surface area contributed by atoms with Crippen LogP contribution in [0.25, 0.3) is 0 Å². The fourth-order valence-electron chi connectivity index (χ4n) is 2.58. The van der Waals surface area contributed by atoms with Gasteiger partial charge in [0.1, 0.15) is 5.82 Å². The van der Waals surface area contributed by atoms with Gasteiger partial charge in [-0.15, -0.1) is 12.4 Å². The van der Waals surface area contributed by atoms with Crippen molar-refractivity contribution in [3.8, 4) is 0 Å². The molecule has 1 aromatic carbocycles. The smallest absolute Gasteiger partial charge is 0.239 e. The summed E-state index contributed by atoms with van der Waals surface area (Å²) in [5.74, 6) is 0.0451. The van der Waals surface area contributed by atoms with Gasteiger partial charge < -0.3 is 10.6 Å². The predicted octanol–water partition coefficient (Wildman–Crippen LogP) is 2.30. The number of nitrogens with two attached hydrogens (primary N) is 1. The highest BCUT2D eigenvalue weighted by Gasteiger charge is 2.34. The summed E-state index contributed by atoms with van der Waals surface area (Å²) in [5.41, 5.74) is 6.73. The number of nitrogens with zero attached hydrogens (tertiary/aromatic N) is 1. The summed E-state index contributed by atoms with van der Waals surface area (Å²) in [4.78, 5) is 13.8. The first kappa shape index (κ1) is 15.9. The molecule has 1 aliphatic rings. The molecule has 0 saturated carbocycles. The summed E-state index contributed by atoms with van der Waals surface area (Å²) >= 11 is 0. The molecule has 1 heterocycles. The highest BCUT2D eigenvalue weighted by molar-refractivity contribution is 5.85. The van der Waals surface area contributed by atoms with Crippen LogP contribution in [0.4, 0.5) is 4.39 Å². The molecular weight excluding hydrogens is 267 g/mol. The van der Waals surface area contributed by atoms with E-state index in [0.717, 1.165) is 12.0 Å². The second-order valence-electron chi connectivity index (χ2n) is 5.11. The van der Waals surface area contributed by atoms with Crippen LogP contribution in [0.1, 0.15) is 31.7 Å². The Morgan fingerprint density at radius 3 is 2.53 bits per heavy atom. The van der Waals surface area contributed by atoms with E-state index in [2.05, 4.69) is 0 Å². The van der Waals surface area contributed by atoms with Crippen LogP contribution in [0.3, 0.4) is 0 Å². The third-order valence-electron chi connectivity index (χ3n) is 3.59. The molecule has 0 aliphatic carbocycles. The molecule has 19 heavy (non-hydrogen) atoms. The van der Waals surface area contributed by atoms with Gasteiger partial charge in [-0.25, -0.2) is 4.39 Å². The van der Waals surface area contributed by atoms with Crippen LogP contribution < -0.4 is 5.73 Å². The van der Waals surface area contributed by atoms with E-state index in [0.29, 0.717) is 6.54 Å². The number of hydrogen-bond donors (Lipinski definition) is 1. The average Bonchev–Trinajstić information content (AvgIpc) is 2.71. The Bertz CT molecular complexity index is 436. The first-order valence-corrected chi connectivity index (χ1v) is 6.30. The number of carbonyl (C=O) groups excluding carboxylic acids is 1. The van der Waals surface area contributed by atoms with E-state index >= 15 is 0 Å². The first-order chi connectivity index (χ1) is 8.49. The molecule has 0 radical (unpaired) electrons. The van der Waals surface area contributed by atoms with Crippen molar-refractivity contribution in [3.05, 3.63) is 35.6 Å². The van der Waals surface area contributed by atoms with Crippen LogP contribution in [0.2, 0.25) is 0 Å². The zero-order chi connectivity index (χ0) is 13.3. The van der Waals surface area contributed by atoms with E-state index in [4.69, 9.17) is 5.73 Å². The first-order valence-electron chi connectivity index (χ1n) is 6.30. The number of hydrogen-bond acceptors (Lipinski definition) is 2. The van der Waals surface area contributed by atoms with Crippen molar-refractivity contribution in [2.75, 3.05) is 6.54 Å². The number of amides is 1. The zero-order valence-electron chi connectivity index (χ0n) is 11.2. The maximum absolute atomic E-state index is 12.9. The molecule has 5 heteroatoms. The lowest BCUT2D eigenvalue weighted by molar-refractivity contribution is -0.132. The summed E-state index contributed by atoms with van der Waals surface area (Å²) in [6.45, 7) is 4.41. The lowest BCUT2D eigenvalue weighted by atomic mass is 9.97. The number of halogens is 2. The van der Waals surface area contributed by atoms with Crippen molar-refractivity contribution >= 4 is 18.3 Å². The summed E-state index contributed by atoms with van der Waals surface area (Å²) < 4.78 is 12.9. The van der Waals surface area contributed by atoms with Gasteiger partial charge in [0.05, 0.1) is 6.04 Å². The molecular formula is C14H20ClFN2O. The number of benzene rings is 1. The van der Waals surface area contributed by atoms with Crippen LogP contribution in [0.5, 0.6) is 0 Å². The number of rotatable bonds is 2. The van der Waals surface area contributed by atoms with E-state index in [1.54, 1.807) is 19.1 Å². The topological polar surface area (TPSA) is 46.3 Å². The molecule has 2 N–H and O–H groups in total. The summed E-state index contributed by atoms with van der Waals surface area (Å²) in [5, 5.41) is 0. The van der Waals surface area contributed by atoms with Gasteiger partial charge >= 0.3 is 0 Å². The van der Waals surface area contributed by atoms with E-state index in [1.807, 2.05) is 11.8 Å². The Hall–Kier alpha value is -1.13. The summed E-state index contributed by atoms with van der Waals surface area (Å²) in [7, 11) is 0. The lowest BCUT2D eigenvalue weighted by Gasteiger charge is -2.23. The predicted molar refractivity (Wildman–Crippen MR) is 75.8 cm³/mol. The molecule has 2 rings (SSSR count). The highest BCUT2D eigenvalue weighted by Crippen LogP contribution is 2.31. The maximum Gasteiger partial charge on any atom is 0.239 e. The minimum Gasteiger partial charge on any atom is -0.338 e. The summed E-state index contributed by atoms with van der Waals surface area (Å²) in [6, 6.07) is 6.27. The van der Waals surface area contributed by atoms with Crippen LogP contribution >= 0.6 is 12.4 Å². The van der Waals surface area contributed by atoms with E-state index in [-0.39, 0.29) is 36.1 Å². The van der Waals surface area contributed by atoms with Gasteiger partial charge in [0.2, 0.25) is 5.91 Å². The van der Waals surface area contributed by atoms with Crippen molar-refractivity contribution < 1.29 is 9.18 Å². The van der Waals surface area contributed by atoms with Crippen LogP contribution in [0.15, 0.2) is 24.3 Å². The van der Waals surface area contributed by atoms with Crippen molar-refractivity contribution in [2.24, 2.45) is 5.73 Å². The van der Waals surface area contributed by atoms with Gasteiger partial charge in [0.25, 0.3) is 0 Å². The minimum atomic E-state index is -0.459. The normalized spacial score (nSPS) is 23.9. The quantitative estimate of drug-likeness (QED) is 0.907. The van der Waals surface area contributed by atoms with Gasteiger partial charge in [-0.1, -0.05) is 12.1 Å². The monoisotopic (exact) mass is 286 g/mol. The molecule has 1 saturated heterocycles. The zero-order valence-corrected chi connectivity index (χ0v) is 12.0. The van der Waals surface area contributed by atoms with Crippen molar-refractivity contribution in [1.82, 2.24) is 4.90 Å². The lowest BCUT2D eigenvalue weighted by Crippen LogP contribution is -2.43. The van der Waals surface area contributed by atoms with Crippen molar-refractivity contribution in [3.63, 3.8) is 0 Å². The van der Waals surface area contributed by atoms with Gasteiger partial charge in [0.15, 0.2) is 0 Å². The molecule has 3 atom stereocenters. The number of carbonyl (C=O) groups is 1. The largest absolute Gasteiger partial charge is 0.338 e. The molecule has 1 aliphatic heterocycles. The van der Waals surface area contributed by atoms with Crippen LogP contribution in [-0.4, -0.2) is 29.4 Å². The second kappa shape index (κ2) is 6.35. The Labute approximate surface area is 119 Å². The van der Waals surface area contributed by atoms with Gasteiger partial charge in [-0.2, -0.15) is 0 Å². The van der Waals surface area contributed by atoms with Crippen molar-refractivity contribution in [1.29, 1.82) is 0 Å². The standard InChI is InChI=1S/C14H19FN2O.ClH/c1-9-7-12(8-17(9)14(18)10(2)16)11-3-5-13(15)6-4-11;/h3-6,9-10,12H,7-8,16H2,1-2H3;1H/t9?,10-,12?;/m1./s1. The Morgan fingerprint density at radius 2 is 2.00 bits per heavy atom. The van der Waals surface area contributed by atoms with E-state index in [9.17, 15) is 9.18 Å². The molecule has 0 spiro atoms. The average molecular weight is 287 g/mol. The van der Waals surface area contributed by atoms with Gasteiger partial charge in [0, 0.05) is 18.5 Å². The third-order valence-corrected chi connectivity index (χ3v) is 3.59. The molecule has 1 aromatic rings. The molecule has 0 bridgehead atoms. The molecule has 3 nitrogen and oxygen atoms in total. The fourth-order valence-corrected chi connectivity index (χ4v) is 2.58. The van der Waals surface area contributed by atoms with Crippen LogP contribution in [0, 0.1) is 5.82 Å². The van der Waals surface area contributed by atoms with Crippen LogP contribution in [-0.2, 0) is 4.79 Å². The molecule has 1 amide bonds. The third kappa shape index (κ3) is 3.45. The molecule has 0 aromatic heterocycles. The molecule has 2 unspecified atom stereocenters. The maximum atomic E-state index is 12.9. The van der Waals surface area contributed by atoms with E-state index in [1.165, 1.54) is 12.1 Å². The highest BCUT2D eigenvalue weighted by atomic mass is 35.5. The Morgan fingerprint density at radius 1 is 1.42 bits per heavy atom.